The Kier molecular flexibility index (Phi) is 4.12. The van der Waals surface area contributed by atoms with Crippen molar-refractivity contribution in [3.63, 3.8) is 0 Å². The van der Waals surface area contributed by atoms with Crippen LogP contribution in [0.3, 0.4) is 0 Å². The molecule has 4 heteroatoms. The van der Waals surface area contributed by atoms with Crippen molar-refractivity contribution in [3.05, 3.63) is 0 Å². The Morgan fingerprint density at radius 1 is 1.33 bits per heavy atom. The molecular weight excluding hydrogens is 194 g/mol. The van der Waals surface area contributed by atoms with E-state index in [1.807, 2.05) is 13.8 Å². The third-order valence-corrected chi connectivity index (χ3v) is 2.91. The molecule has 0 unspecified atom stereocenters. The van der Waals surface area contributed by atoms with Crippen LogP contribution >= 0.6 is 0 Å². The number of hydrogen-bond donors (Lipinski definition) is 1. The van der Waals surface area contributed by atoms with Gasteiger partial charge in [0.2, 0.25) is 0 Å². The number of carbonyl (C=O) groups excluding carboxylic acids is 2. The minimum atomic E-state index is -0.405. The first kappa shape index (κ1) is 12.0. The fraction of sp³-hybridized carbons (Fsp3) is 0.818. The van der Waals surface area contributed by atoms with E-state index in [0.29, 0.717) is 5.78 Å². The fourth-order valence-electron chi connectivity index (χ4n) is 2.07. The lowest BCUT2D eigenvalue weighted by atomic mass is 9.94. The summed E-state index contributed by atoms with van der Waals surface area (Å²) in [7, 11) is 1.35. The molecule has 2 atom stereocenters. The van der Waals surface area contributed by atoms with Gasteiger partial charge in [-0.15, -0.1) is 0 Å². The van der Waals surface area contributed by atoms with Gasteiger partial charge in [-0.25, -0.2) is 4.79 Å². The minimum Gasteiger partial charge on any atom is -0.453 e. The molecule has 0 aromatic heterocycles. The van der Waals surface area contributed by atoms with Gasteiger partial charge in [0, 0.05) is 17.9 Å². The number of ketones is 1. The predicted octanol–water partition coefficient (Wildman–Crippen LogP) is 1.74. The monoisotopic (exact) mass is 213 g/mol. The summed E-state index contributed by atoms with van der Waals surface area (Å²) < 4.78 is 4.52. The van der Waals surface area contributed by atoms with Gasteiger partial charge in [0.1, 0.15) is 5.78 Å². The number of rotatable bonds is 3. The molecule has 0 radical (unpaired) electrons. The molecular formula is C11H19NO3. The molecule has 1 fully saturated rings. The van der Waals surface area contributed by atoms with E-state index in [0.717, 1.165) is 19.3 Å². The van der Waals surface area contributed by atoms with E-state index in [2.05, 4.69) is 10.1 Å². The maximum absolute atomic E-state index is 11.7. The Bertz CT molecular complexity index is 250. The van der Waals surface area contributed by atoms with Crippen LogP contribution in [0.15, 0.2) is 0 Å². The molecule has 1 aliphatic carbocycles. The lowest BCUT2D eigenvalue weighted by Crippen LogP contribution is -2.33. The van der Waals surface area contributed by atoms with Crippen LogP contribution in [0.5, 0.6) is 0 Å². The van der Waals surface area contributed by atoms with Gasteiger partial charge in [0.25, 0.3) is 0 Å². The number of methoxy groups -OCH3 is 1. The molecule has 0 spiro atoms. The highest BCUT2D eigenvalue weighted by molar-refractivity contribution is 5.83. The summed E-state index contributed by atoms with van der Waals surface area (Å²) in [5.41, 5.74) is 0. The van der Waals surface area contributed by atoms with E-state index in [-0.39, 0.29) is 17.9 Å². The molecule has 86 valence electrons. The van der Waals surface area contributed by atoms with E-state index >= 15 is 0 Å². The van der Waals surface area contributed by atoms with E-state index in [9.17, 15) is 9.59 Å². The lowest BCUT2D eigenvalue weighted by Gasteiger charge is -2.13. The molecule has 1 rings (SSSR count). The van der Waals surface area contributed by atoms with E-state index < -0.39 is 6.09 Å². The number of alkyl carbamates (subject to hydrolysis) is 1. The quantitative estimate of drug-likeness (QED) is 0.776. The van der Waals surface area contributed by atoms with Crippen molar-refractivity contribution in [3.8, 4) is 0 Å². The van der Waals surface area contributed by atoms with Crippen molar-refractivity contribution in [1.82, 2.24) is 5.32 Å². The summed E-state index contributed by atoms with van der Waals surface area (Å²) in [6, 6.07) is 0.102. The van der Waals surface area contributed by atoms with Gasteiger partial charge in [-0.3, -0.25) is 4.79 Å². The smallest absolute Gasteiger partial charge is 0.407 e. The average molecular weight is 213 g/mol. The third-order valence-electron chi connectivity index (χ3n) is 2.91. The van der Waals surface area contributed by atoms with Gasteiger partial charge < -0.3 is 10.1 Å². The summed E-state index contributed by atoms with van der Waals surface area (Å²) >= 11 is 0. The molecule has 1 aliphatic rings. The topological polar surface area (TPSA) is 55.4 Å². The Labute approximate surface area is 90.4 Å². The number of ether oxygens (including phenoxy) is 1. The normalized spacial score (nSPS) is 25.3. The highest BCUT2D eigenvalue weighted by atomic mass is 16.5. The second kappa shape index (κ2) is 5.14. The third kappa shape index (κ3) is 3.22. The Morgan fingerprint density at radius 3 is 2.53 bits per heavy atom. The zero-order valence-electron chi connectivity index (χ0n) is 9.58. The first-order valence-electron chi connectivity index (χ1n) is 5.42. The average Bonchev–Trinajstić information content (AvgIpc) is 2.64. The van der Waals surface area contributed by atoms with Crippen molar-refractivity contribution in [2.75, 3.05) is 7.11 Å². The van der Waals surface area contributed by atoms with E-state index in [1.165, 1.54) is 7.11 Å². The molecule has 0 aromatic rings. The highest BCUT2D eigenvalue weighted by Gasteiger charge is 2.31. The lowest BCUT2D eigenvalue weighted by molar-refractivity contribution is -0.125. The summed E-state index contributed by atoms with van der Waals surface area (Å²) in [6.45, 7) is 3.84. The SMILES string of the molecule is COC(=O)N[C@H]1CC[C@@H](C(=O)C(C)C)C1. The maximum atomic E-state index is 11.7. The molecule has 0 aliphatic heterocycles. The molecule has 0 saturated heterocycles. The van der Waals surface area contributed by atoms with Crippen LogP contribution in [-0.4, -0.2) is 25.0 Å². The van der Waals surface area contributed by atoms with Crippen molar-refractivity contribution in [1.29, 1.82) is 0 Å². The second-order valence-electron chi connectivity index (χ2n) is 4.40. The summed E-state index contributed by atoms with van der Waals surface area (Å²) in [5.74, 6) is 0.517. The molecule has 1 N–H and O–H groups in total. The summed E-state index contributed by atoms with van der Waals surface area (Å²) in [4.78, 5) is 22.7. The first-order valence-corrected chi connectivity index (χ1v) is 5.42. The highest BCUT2D eigenvalue weighted by Crippen LogP contribution is 2.28. The first-order chi connectivity index (χ1) is 7.04. The summed E-state index contributed by atoms with van der Waals surface area (Å²) in [5, 5.41) is 2.74. The van der Waals surface area contributed by atoms with E-state index in [4.69, 9.17) is 0 Å². The van der Waals surface area contributed by atoms with Crippen molar-refractivity contribution in [2.24, 2.45) is 11.8 Å². The number of carbonyl (C=O) groups is 2. The van der Waals surface area contributed by atoms with Gasteiger partial charge in [-0.2, -0.15) is 0 Å². The largest absolute Gasteiger partial charge is 0.453 e. The summed E-state index contributed by atoms with van der Waals surface area (Å²) in [6.07, 6.45) is 2.10. The Morgan fingerprint density at radius 2 is 2.00 bits per heavy atom. The minimum absolute atomic E-state index is 0.0897. The van der Waals surface area contributed by atoms with Gasteiger partial charge in [-0.1, -0.05) is 13.8 Å². The molecule has 1 amide bonds. The Hall–Kier alpha value is -1.06. The molecule has 4 nitrogen and oxygen atoms in total. The molecule has 15 heavy (non-hydrogen) atoms. The van der Waals surface area contributed by atoms with Crippen LogP contribution in [0.2, 0.25) is 0 Å². The van der Waals surface area contributed by atoms with Crippen LogP contribution in [-0.2, 0) is 9.53 Å². The van der Waals surface area contributed by atoms with Gasteiger partial charge >= 0.3 is 6.09 Å². The van der Waals surface area contributed by atoms with Crippen LogP contribution in [0.1, 0.15) is 33.1 Å². The second-order valence-corrected chi connectivity index (χ2v) is 4.40. The van der Waals surface area contributed by atoms with Crippen molar-refractivity contribution >= 4 is 11.9 Å². The van der Waals surface area contributed by atoms with Crippen LogP contribution < -0.4 is 5.32 Å². The van der Waals surface area contributed by atoms with Crippen molar-refractivity contribution < 1.29 is 14.3 Å². The van der Waals surface area contributed by atoms with Gasteiger partial charge in [-0.05, 0) is 19.3 Å². The standard InChI is InChI=1S/C11H19NO3/c1-7(2)10(13)8-4-5-9(6-8)12-11(14)15-3/h7-9H,4-6H2,1-3H3,(H,12,14)/t8-,9+/m1/s1. The van der Waals surface area contributed by atoms with Crippen LogP contribution in [0, 0.1) is 11.8 Å². The zero-order valence-corrected chi connectivity index (χ0v) is 9.58. The molecule has 0 heterocycles. The fourth-order valence-corrected chi connectivity index (χ4v) is 2.07. The number of Topliss-reactive ketones (excluding diaryl/α,β-unsaturated/α-hetero) is 1. The van der Waals surface area contributed by atoms with Gasteiger partial charge in [0.15, 0.2) is 0 Å². The molecule has 0 aromatic carbocycles. The number of nitrogens with one attached hydrogen (secondary N) is 1. The Balaban J connectivity index is 2.39. The van der Waals surface area contributed by atoms with Crippen LogP contribution in [0.25, 0.3) is 0 Å². The zero-order chi connectivity index (χ0) is 11.4. The van der Waals surface area contributed by atoms with Crippen molar-refractivity contribution in [2.45, 2.75) is 39.2 Å². The number of hydrogen-bond acceptors (Lipinski definition) is 3. The molecule has 1 saturated carbocycles. The molecule has 0 bridgehead atoms. The van der Waals surface area contributed by atoms with Gasteiger partial charge in [0.05, 0.1) is 7.11 Å². The maximum Gasteiger partial charge on any atom is 0.407 e. The predicted molar refractivity (Wildman–Crippen MR) is 56.5 cm³/mol. The number of amides is 1. The van der Waals surface area contributed by atoms with Crippen LogP contribution in [0.4, 0.5) is 4.79 Å². The van der Waals surface area contributed by atoms with E-state index in [1.54, 1.807) is 0 Å².